The van der Waals surface area contributed by atoms with Crippen LogP contribution in [0.25, 0.3) is 0 Å². The second-order valence-corrected chi connectivity index (χ2v) is 6.53. The van der Waals surface area contributed by atoms with Crippen LogP contribution in [0.2, 0.25) is 0 Å². The Labute approximate surface area is 126 Å². The molecule has 0 unspecified atom stereocenters. The van der Waals surface area contributed by atoms with Gasteiger partial charge in [0, 0.05) is 40.6 Å². The summed E-state index contributed by atoms with van der Waals surface area (Å²) in [4.78, 5) is 13.0. The van der Waals surface area contributed by atoms with Crippen LogP contribution >= 0.6 is 43.2 Å². The molecule has 0 aliphatic heterocycles. The van der Waals surface area contributed by atoms with E-state index >= 15 is 0 Å². The quantitative estimate of drug-likeness (QED) is 0.794. The molecule has 0 amide bonds. The van der Waals surface area contributed by atoms with Crippen molar-refractivity contribution in [1.29, 1.82) is 0 Å². The van der Waals surface area contributed by atoms with Gasteiger partial charge in [0.15, 0.2) is 0 Å². The van der Waals surface area contributed by atoms with Gasteiger partial charge in [0.1, 0.15) is 0 Å². The minimum atomic E-state index is 0.0122. The molecular weight excluding hydrogens is 380 g/mol. The van der Waals surface area contributed by atoms with Crippen molar-refractivity contribution < 1.29 is 0 Å². The van der Waals surface area contributed by atoms with E-state index < -0.39 is 0 Å². The molecule has 0 aliphatic rings. The maximum Gasteiger partial charge on any atom is 0.264 e. The first-order valence-electron chi connectivity index (χ1n) is 5.45. The van der Waals surface area contributed by atoms with Gasteiger partial charge in [0.05, 0.1) is 4.47 Å². The second-order valence-electron chi connectivity index (χ2n) is 3.76. The lowest BCUT2D eigenvalue weighted by Gasteiger charge is -2.06. The molecule has 2 aromatic rings. The van der Waals surface area contributed by atoms with Crippen molar-refractivity contribution in [3.63, 3.8) is 0 Å². The number of nitrogens with zero attached hydrogens (tertiary/aromatic N) is 1. The standard InChI is InChI=1S/C12H12Br2N2OS/c13-9-6-10(18-8-9)7-15-3-5-16-4-1-2-11(14)12(16)17/h1-2,4,6,8,15H,3,5,7H2. The molecule has 0 spiro atoms. The minimum absolute atomic E-state index is 0.0122. The number of aromatic nitrogens is 1. The third kappa shape index (κ3) is 3.78. The van der Waals surface area contributed by atoms with E-state index in [1.807, 2.05) is 6.07 Å². The van der Waals surface area contributed by atoms with Crippen LogP contribution in [0.15, 0.2) is 43.5 Å². The Morgan fingerprint density at radius 3 is 2.94 bits per heavy atom. The highest BCUT2D eigenvalue weighted by molar-refractivity contribution is 9.10. The summed E-state index contributed by atoms with van der Waals surface area (Å²) in [5.74, 6) is 0. The summed E-state index contributed by atoms with van der Waals surface area (Å²) in [6.07, 6.45) is 1.80. The molecule has 0 saturated carbocycles. The van der Waals surface area contributed by atoms with Crippen LogP contribution in [0, 0.1) is 0 Å². The van der Waals surface area contributed by atoms with Gasteiger partial charge in [-0.15, -0.1) is 11.3 Å². The predicted octanol–water partition coefficient (Wildman–Crippen LogP) is 3.22. The number of hydrogen-bond acceptors (Lipinski definition) is 3. The number of thiophene rings is 1. The molecule has 0 radical (unpaired) electrons. The number of halogens is 2. The lowest BCUT2D eigenvalue weighted by atomic mass is 10.4. The topological polar surface area (TPSA) is 34.0 Å². The van der Waals surface area contributed by atoms with E-state index in [0.29, 0.717) is 11.0 Å². The maximum atomic E-state index is 11.7. The van der Waals surface area contributed by atoms with Crippen LogP contribution in [-0.2, 0) is 13.1 Å². The van der Waals surface area contributed by atoms with Crippen LogP contribution in [0.1, 0.15) is 4.88 Å². The third-order valence-corrected chi connectivity index (χ3v) is 4.73. The Morgan fingerprint density at radius 2 is 2.22 bits per heavy atom. The number of rotatable bonds is 5. The van der Waals surface area contributed by atoms with Crippen molar-refractivity contribution in [2.75, 3.05) is 6.54 Å². The average molecular weight is 392 g/mol. The van der Waals surface area contributed by atoms with Gasteiger partial charge in [-0.25, -0.2) is 0 Å². The van der Waals surface area contributed by atoms with E-state index in [1.165, 1.54) is 4.88 Å². The van der Waals surface area contributed by atoms with Crippen LogP contribution in [-0.4, -0.2) is 11.1 Å². The molecule has 6 heteroatoms. The molecule has 0 atom stereocenters. The Balaban J connectivity index is 1.82. The minimum Gasteiger partial charge on any atom is -0.313 e. The van der Waals surface area contributed by atoms with Crippen molar-refractivity contribution >= 4 is 43.2 Å². The zero-order valence-corrected chi connectivity index (χ0v) is 13.5. The van der Waals surface area contributed by atoms with Crippen molar-refractivity contribution in [3.8, 4) is 0 Å². The SMILES string of the molecule is O=c1c(Br)cccn1CCNCc1cc(Br)cs1. The molecule has 3 nitrogen and oxygen atoms in total. The van der Waals surface area contributed by atoms with Crippen LogP contribution in [0.3, 0.4) is 0 Å². The molecule has 0 fully saturated rings. The second kappa shape index (κ2) is 6.65. The maximum absolute atomic E-state index is 11.7. The highest BCUT2D eigenvalue weighted by Crippen LogP contribution is 2.19. The first kappa shape index (κ1) is 14.0. The van der Waals surface area contributed by atoms with E-state index in [1.54, 1.807) is 28.2 Å². The Kier molecular flexibility index (Phi) is 5.17. The van der Waals surface area contributed by atoms with Gasteiger partial charge in [-0.1, -0.05) is 0 Å². The molecule has 0 aliphatic carbocycles. The molecule has 0 saturated heterocycles. The smallest absolute Gasteiger partial charge is 0.264 e. The first-order chi connectivity index (χ1) is 8.66. The van der Waals surface area contributed by atoms with E-state index in [0.717, 1.165) is 17.6 Å². The molecule has 96 valence electrons. The summed E-state index contributed by atoms with van der Waals surface area (Å²) in [6, 6.07) is 5.72. The Bertz CT molecular complexity index is 579. The average Bonchev–Trinajstić information content (AvgIpc) is 2.76. The fourth-order valence-electron chi connectivity index (χ4n) is 1.54. The summed E-state index contributed by atoms with van der Waals surface area (Å²) >= 11 is 8.38. The molecule has 18 heavy (non-hydrogen) atoms. The first-order valence-corrected chi connectivity index (χ1v) is 7.92. The van der Waals surface area contributed by atoms with E-state index in [2.05, 4.69) is 48.6 Å². The lowest BCUT2D eigenvalue weighted by Crippen LogP contribution is -2.26. The molecule has 0 aromatic carbocycles. The summed E-state index contributed by atoms with van der Waals surface area (Å²) in [7, 11) is 0. The van der Waals surface area contributed by atoms with Crippen LogP contribution in [0.5, 0.6) is 0 Å². The van der Waals surface area contributed by atoms with Gasteiger partial charge >= 0.3 is 0 Å². The van der Waals surface area contributed by atoms with Gasteiger partial charge < -0.3 is 9.88 Å². The van der Waals surface area contributed by atoms with Crippen LogP contribution in [0.4, 0.5) is 0 Å². The van der Waals surface area contributed by atoms with Crippen molar-refractivity contribution in [2.45, 2.75) is 13.1 Å². The zero-order valence-electron chi connectivity index (χ0n) is 9.53. The van der Waals surface area contributed by atoms with Gasteiger partial charge in [0.2, 0.25) is 0 Å². The van der Waals surface area contributed by atoms with Gasteiger partial charge in [-0.05, 0) is 50.1 Å². The van der Waals surface area contributed by atoms with Gasteiger partial charge in [-0.2, -0.15) is 0 Å². The fourth-order valence-corrected chi connectivity index (χ4v) is 3.34. The molecular formula is C12H12Br2N2OS. The molecule has 1 N–H and O–H groups in total. The summed E-state index contributed by atoms with van der Waals surface area (Å²) in [5.41, 5.74) is 0.0122. The lowest BCUT2D eigenvalue weighted by molar-refractivity contribution is 0.586. The van der Waals surface area contributed by atoms with Gasteiger partial charge in [0.25, 0.3) is 5.56 Å². The number of nitrogens with one attached hydrogen (secondary N) is 1. The molecule has 2 aromatic heterocycles. The number of pyridine rings is 1. The van der Waals surface area contributed by atoms with E-state index in [4.69, 9.17) is 0 Å². The highest BCUT2D eigenvalue weighted by atomic mass is 79.9. The Morgan fingerprint density at radius 1 is 1.39 bits per heavy atom. The molecule has 2 rings (SSSR count). The molecule has 0 bridgehead atoms. The predicted molar refractivity (Wildman–Crippen MR) is 82.1 cm³/mol. The van der Waals surface area contributed by atoms with Gasteiger partial charge in [-0.3, -0.25) is 4.79 Å². The Hall–Kier alpha value is -0.430. The summed E-state index contributed by atoms with van der Waals surface area (Å²) < 4.78 is 3.42. The van der Waals surface area contributed by atoms with Crippen molar-refractivity contribution in [1.82, 2.24) is 9.88 Å². The van der Waals surface area contributed by atoms with Crippen LogP contribution < -0.4 is 10.9 Å². The molecule has 2 heterocycles. The normalized spacial score (nSPS) is 10.8. The number of hydrogen-bond donors (Lipinski definition) is 1. The third-order valence-electron chi connectivity index (χ3n) is 2.42. The summed E-state index contributed by atoms with van der Waals surface area (Å²) in [6.45, 7) is 2.27. The van der Waals surface area contributed by atoms with E-state index in [-0.39, 0.29) is 5.56 Å². The van der Waals surface area contributed by atoms with Crippen molar-refractivity contribution in [3.05, 3.63) is 54.0 Å². The monoisotopic (exact) mass is 390 g/mol. The van der Waals surface area contributed by atoms with E-state index in [9.17, 15) is 4.79 Å². The van der Waals surface area contributed by atoms with Crippen molar-refractivity contribution in [2.24, 2.45) is 0 Å². The summed E-state index contributed by atoms with van der Waals surface area (Å²) in [5, 5.41) is 5.39. The fraction of sp³-hybridized carbons (Fsp3) is 0.250. The highest BCUT2D eigenvalue weighted by Gasteiger charge is 2.00. The zero-order chi connectivity index (χ0) is 13.0. The largest absolute Gasteiger partial charge is 0.313 e.